The number of aryl methyl sites for hydroxylation is 1. The molecule has 1 heterocycles. The van der Waals surface area contributed by atoms with Gasteiger partial charge in [0.1, 0.15) is 0 Å². The minimum Gasteiger partial charge on any atom is -0.288 e. The summed E-state index contributed by atoms with van der Waals surface area (Å²) in [6, 6.07) is 0. The summed E-state index contributed by atoms with van der Waals surface area (Å²) in [5.41, 5.74) is 2.43. The van der Waals surface area contributed by atoms with Gasteiger partial charge in [-0.1, -0.05) is 17.6 Å². The molecular weight excluding hydrogens is 212 g/mol. The maximum absolute atomic E-state index is 11.6. The number of nitrogens with zero attached hydrogens (tertiary/aromatic N) is 2. The molecule has 0 aliphatic rings. The second kappa shape index (κ2) is 5.06. The molecule has 0 radical (unpaired) electrons. The molecule has 0 atom stereocenters. The van der Waals surface area contributed by atoms with Gasteiger partial charge in [-0.2, -0.15) is 0 Å². The van der Waals surface area contributed by atoms with Crippen LogP contribution in [0.5, 0.6) is 0 Å². The quantitative estimate of drug-likeness (QED) is 0.447. The molecule has 7 heteroatoms. The Bertz CT molecular complexity index is 478. The SMILES string of the molecule is C/C=C\Cc1c(C)nc(N[N+](=O)[O-])[nH]c1=O. The van der Waals surface area contributed by atoms with Gasteiger partial charge in [-0.3, -0.25) is 9.78 Å². The molecule has 2 N–H and O–H groups in total. The molecule has 0 unspecified atom stereocenters. The van der Waals surface area contributed by atoms with Gasteiger partial charge in [-0.15, -0.1) is 0 Å². The molecule has 1 rings (SSSR count). The third-order valence-corrected chi connectivity index (χ3v) is 1.98. The van der Waals surface area contributed by atoms with Crippen LogP contribution in [0.1, 0.15) is 18.2 Å². The van der Waals surface area contributed by atoms with E-state index in [-0.39, 0.29) is 11.5 Å². The number of anilines is 1. The summed E-state index contributed by atoms with van der Waals surface area (Å²) in [4.78, 5) is 27.9. The van der Waals surface area contributed by atoms with Crippen LogP contribution in [-0.2, 0) is 6.42 Å². The van der Waals surface area contributed by atoms with Gasteiger partial charge in [0.15, 0.2) is 5.03 Å². The van der Waals surface area contributed by atoms with Crippen LogP contribution in [0.15, 0.2) is 16.9 Å². The summed E-state index contributed by atoms with van der Waals surface area (Å²) in [7, 11) is 0. The summed E-state index contributed by atoms with van der Waals surface area (Å²) in [5, 5.41) is 9.40. The molecule has 0 saturated carbocycles. The topological polar surface area (TPSA) is 101 Å². The highest BCUT2D eigenvalue weighted by Gasteiger charge is 2.09. The highest BCUT2D eigenvalue weighted by Crippen LogP contribution is 2.03. The number of H-pyrrole nitrogens is 1. The van der Waals surface area contributed by atoms with E-state index < -0.39 is 5.03 Å². The van der Waals surface area contributed by atoms with Crippen molar-refractivity contribution < 1.29 is 5.03 Å². The predicted molar refractivity (Wildman–Crippen MR) is 58.7 cm³/mol. The van der Waals surface area contributed by atoms with Gasteiger partial charge in [-0.25, -0.2) is 15.1 Å². The van der Waals surface area contributed by atoms with Crippen LogP contribution in [0.3, 0.4) is 0 Å². The van der Waals surface area contributed by atoms with Crippen molar-refractivity contribution in [2.75, 3.05) is 5.43 Å². The Morgan fingerprint density at radius 2 is 2.31 bits per heavy atom. The van der Waals surface area contributed by atoms with Crippen LogP contribution in [0, 0.1) is 17.0 Å². The van der Waals surface area contributed by atoms with E-state index in [1.807, 2.05) is 24.5 Å². The fourth-order valence-corrected chi connectivity index (χ4v) is 1.23. The molecule has 0 aromatic carbocycles. The lowest BCUT2D eigenvalue weighted by atomic mass is 10.1. The Hall–Kier alpha value is -2.18. The Kier molecular flexibility index (Phi) is 3.76. The number of aromatic nitrogens is 2. The Morgan fingerprint density at radius 3 is 2.81 bits per heavy atom. The summed E-state index contributed by atoms with van der Waals surface area (Å²) in [6.45, 7) is 3.48. The Balaban J connectivity index is 3.07. The lowest BCUT2D eigenvalue weighted by Crippen LogP contribution is -2.21. The summed E-state index contributed by atoms with van der Waals surface area (Å²) in [6.07, 6.45) is 4.10. The van der Waals surface area contributed by atoms with Crippen molar-refractivity contribution in [2.45, 2.75) is 20.3 Å². The van der Waals surface area contributed by atoms with Crippen molar-refractivity contribution >= 4 is 5.95 Å². The number of nitro groups is 1. The van der Waals surface area contributed by atoms with E-state index in [4.69, 9.17) is 0 Å². The van der Waals surface area contributed by atoms with Crippen LogP contribution >= 0.6 is 0 Å². The number of nitrogens with one attached hydrogen (secondary N) is 2. The fraction of sp³-hybridized carbons (Fsp3) is 0.333. The highest BCUT2D eigenvalue weighted by atomic mass is 16.7. The third-order valence-electron chi connectivity index (χ3n) is 1.98. The molecule has 0 bridgehead atoms. The average molecular weight is 224 g/mol. The zero-order valence-electron chi connectivity index (χ0n) is 8.98. The summed E-state index contributed by atoms with van der Waals surface area (Å²) >= 11 is 0. The third kappa shape index (κ3) is 2.91. The standard InChI is InChI=1S/C9H12N4O3/c1-3-4-5-7-6(2)10-9(11-8(7)14)12-13(15)16/h3-4H,5H2,1-2H3,(H2,10,11,12,14)/b4-3-. The first kappa shape index (κ1) is 11.9. The van der Waals surface area contributed by atoms with Crippen LogP contribution in [0.4, 0.5) is 5.95 Å². The molecule has 1 aromatic rings. The van der Waals surface area contributed by atoms with Gasteiger partial charge in [0.25, 0.3) is 11.5 Å². The van der Waals surface area contributed by atoms with E-state index in [1.165, 1.54) is 0 Å². The maximum Gasteiger partial charge on any atom is 0.265 e. The molecule has 7 nitrogen and oxygen atoms in total. The number of hydrazine groups is 1. The van der Waals surface area contributed by atoms with E-state index in [1.54, 1.807) is 6.92 Å². The number of hydrogen-bond acceptors (Lipinski definition) is 4. The van der Waals surface area contributed by atoms with Crippen LogP contribution < -0.4 is 11.0 Å². The smallest absolute Gasteiger partial charge is 0.265 e. The zero-order valence-corrected chi connectivity index (χ0v) is 8.98. The minimum absolute atomic E-state index is 0.156. The minimum atomic E-state index is -0.774. The van der Waals surface area contributed by atoms with Gasteiger partial charge < -0.3 is 0 Å². The second-order valence-corrected chi connectivity index (χ2v) is 3.12. The monoisotopic (exact) mass is 224 g/mol. The molecule has 0 saturated heterocycles. The van der Waals surface area contributed by atoms with E-state index >= 15 is 0 Å². The van der Waals surface area contributed by atoms with Crippen LogP contribution in [0.2, 0.25) is 0 Å². The molecule has 16 heavy (non-hydrogen) atoms. The predicted octanol–water partition coefficient (Wildman–Crippen LogP) is 0.801. The Labute approximate surface area is 91.3 Å². The molecule has 0 aliphatic heterocycles. The lowest BCUT2D eigenvalue weighted by Gasteiger charge is -2.02. The molecule has 0 spiro atoms. The van der Waals surface area contributed by atoms with E-state index in [2.05, 4.69) is 9.97 Å². The van der Waals surface area contributed by atoms with Crippen molar-refractivity contribution in [3.8, 4) is 0 Å². The molecular formula is C9H12N4O3. The number of allylic oxidation sites excluding steroid dienone is 2. The van der Waals surface area contributed by atoms with Crippen LogP contribution in [0.25, 0.3) is 0 Å². The average Bonchev–Trinajstić information content (AvgIpc) is 2.15. The first-order chi connectivity index (χ1) is 7.54. The van der Waals surface area contributed by atoms with Gasteiger partial charge in [0, 0.05) is 5.56 Å². The van der Waals surface area contributed by atoms with Crippen molar-refractivity contribution in [3.05, 3.63) is 43.9 Å². The zero-order chi connectivity index (χ0) is 12.1. The maximum atomic E-state index is 11.6. The van der Waals surface area contributed by atoms with Crippen molar-refractivity contribution in [1.29, 1.82) is 0 Å². The van der Waals surface area contributed by atoms with Crippen LogP contribution in [-0.4, -0.2) is 15.0 Å². The second-order valence-electron chi connectivity index (χ2n) is 3.12. The van der Waals surface area contributed by atoms with E-state index in [0.717, 1.165) is 0 Å². The molecule has 86 valence electrons. The highest BCUT2D eigenvalue weighted by molar-refractivity contribution is 5.28. The van der Waals surface area contributed by atoms with Gasteiger partial charge in [-0.05, 0) is 20.3 Å². The summed E-state index contributed by atoms with van der Waals surface area (Å²) < 4.78 is 0. The van der Waals surface area contributed by atoms with Gasteiger partial charge in [0.2, 0.25) is 0 Å². The fourth-order valence-electron chi connectivity index (χ4n) is 1.23. The van der Waals surface area contributed by atoms with Crippen molar-refractivity contribution in [2.24, 2.45) is 0 Å². The van der Waals surface area contributed by atoms with E-state index in [9.17, 15) is 14.9 Å². The van der Waals surface area contributed by atoms with E-state index in [0.29, 0.717) is 17.7 Å². The van der Waals surface area contributed by atoms with Crippen molar-refractivity contribution in [1.82, 2.24) is 9.97 Å². The summed E-state index contributed by atoms with van der Waals surface area (Å²) in [5.74, 6) is -0.156. The van der Waals surface area contributed by atoms with Gasteiger partial charge >= 0.3 is 0 Å². The largest absolute Gasteiger partial charge is 0.288 e. The number of aromatic amines is 1. The molecule has 0 fully saturated rings. The van der Waals surface area contributed by atoms with Crippen molar-refractivity contribution in [3.63, 3.8) is 0 Å². The Morgan fingerprint density at radius 1 is 1.62 bits per heavy atom. The number of rotatable bonds is 4. The molecule has 0 aliphatic carbocycles. The first-order valence-corrected chi connectivity index (χ1v) is 4.66. The lowest BCUT2D eigenvalue weighted by molar-refractivity contribution is -0.446. The molecule has 0 amide bonds. The normalized spacial score (nSPS) is 10.6. The molecule has 1 aromatic heterocycles. The number of hydrogen-bond donors (Lipinski definition) is 2. The van der Waals surface area contributed by atoms with Gasteiger partial charge in [0.05, 0.1) is 5.69 Å². The first-order valence-electron chi connectivity index (χ1n) is 4.66.